The van der Waals surface area contributed by atoms with Crippen molar-refractivity contribution < 1.29 is 27.7 Å². The molecule has 0 saturated carbocycles. The van der Waals surface area contributed by atoms with Crippen molar-refractivity contribution in [3.63, 3.8) is 0 Å². The molecule has 2 aromatic carbocycles. The zero-order valence-corrected chi connectivity index (χ0v) is 13.6. The Balaban J connectivity index is 1.85. The number of hydrogen-bond acceptors (Lipinski definition) is 5. The Bertz CT molecular complexity index is 895. The standard InChI is InChI=1S/C17H12F3N3O4/c18-17(19,20)14(21-10-4-3-5-11(8-10)23(26)27)9-22-15(24)12-6-1-2-7-13(12)16(22)25/h1-8,14,21H,9H2. The van der Waals surface area contributed by atoms with Gasteiger partial charge in [0.2, 0.25) is 0 Å². The van der Waals surface area contributed by atoms with Crippen LogP contribution >= 0.6 is 0 Å². The molecule has 2 amide bonds. The van der Waals surface area contributed by atoms with Crippen molar-refractivity contribution in [1.82, 2.24) is 4.90 Å². The number of carbonyl (C=O) groups excluding carboxylic acids is 2. The first-order valence-electron chi connectivity index (χ1n) is 7.71. The van der Waals surface area contributed by atoms with E-state index in [1.165, 1.54) is 36.4 Å². The molecule has 27 heavy (non-hydrogen) atoms. The van der Waals surface area contributed by atoms with E-state index in [1.54, 1.807) is 0 Å². The first-order chi connectivity index (χ1) is 12.7. The highest BCUT2D eigenvalue weighted by atomic mass is 19.4. The number of rotatable bonds is 5. The fourth-order valence-corrected chi connectivity index (χ4v) is 2.73. The monoisotopic (exact) mass is 379 g/mol. The summed E-state index contributed by atoms with van der Waals surface area (Å²) in [5.41, 5.74) is -0.456. The van der Waals surface area contributed by atoms with E-state index in [2.05, 4.69) is 5.32 Å². The Morgan fingerprint density at radius 1 is 1.04 bits per heavy atom. The number of nitrogens with one attached hydrogen (secondary N) is 1. The lowest BCUT2D eigenvalue weighted by Gasteiger charge is -2.26. The Morgan fingerprint density at radius 3 is 2.15 bits per heavy atom. The molecule has 1 heterocycles. The minimum Gasteiger partial charge on any atom is -0.372 e. The van der Waals surface area contributed by atoms with Crippen molar-refractivity contribution in [3.8, 4) is 0 Å². The van der Waals surface area contributed by atoms with Crippen LogP contribution in [-0.4, -0.2) is 40.4 Å². The quantitative estimate of drug-likeness (QED) is 0.489. The van der Waals surface area contributed by atoms with Crippen LogP contribution in [0.5, 0.6) is 0 Å². The van der Waals surface area contributed by atoms with Crippen LogP contribution in [0.4, 0.5) is 24.5 Å². The van der Waals surface area contributed by atoms with Crippen LogP contribution in [0, 0.1) is 10.1 Å². The molecule has 0 aliphatic carbocycles. The molecular formula is C17H12F3N3O4. The van der Waals surface area contributed by atoms with Gasteiger partial charge in [0.1, 0.15) is 6.04 Å². The number of nitrogens with zero attached hydrogens (tertiary/aromatic N) is 2. The molecule has 1 unspecified atom stereocenters. The molecule has 1 aliphatic heterocycles. The minimum atomic E-state index is -4.81. The van der Waals surface area contributed by atoms with Crippen LogP contribution in [0.2, 0.25) is 0 Å². The Hall–Kier alpha value is -3.43. The van der Waals surface area contributed by atoms with Gasteiger partial charge in [0.25, 0.3) is 17.5 Å². The number of anilines is 1. The molecule has 1 N–H and O–H groups in total. The van der Waals surface area contributed by atoms with Gasteiger partial charge in [0.15, 0.2) is 0 Å². The third kappa shape index (κ3) is 3.59. The maximum Gasteiger partial charge on any atom is 0.410 e. The second kappa shape index (κ2) is 6.71. The predicted octanol–water partition coefficient (Wildman–Crippen LogP) is 3.23. The van der Waals surface area contributed by atoms with Gasteiger partial charge in [-0.1, -0.05) is 18.2 Å². The van der Waals surface area contributed by atoms with Gasteiger partial charge in [-0.05, 0) is 18.2 Å². The summed E-state index contributed by atoms with van der Waals surface area (Å²) < 4.78 is 40.4. The number of hydrogen-bond donors (Lipinski definition) is 1. The van der Waals surface area contributed by atoms with E-state index < -0.39 is 35.5 Å². The largest absolute Gasteiger partial charge is 0.410 e. The van der Waals surface area contributed by atoms with E-state index in [9.17, 15) is 32.9 Å². The smallest absolute Gasteiger partial charge is 0.372 e. The maximum absolute atomic E-state index is 13.5. The van der Waals surface area contributed by atoms with Crippen molar-refractivity contribution in [3.05, 3.63) is 69.8 Å². The van der Waals surface area contributed by atoms with Crippen LogP contribution in [0.3, 0.4) is 0 Å². The van der Waals surface area contributed by atoms with E-state index in [1.807, 2.05) is 0 Å². The number of alkyl halides is 3. The lowest BCUT2D eigenvalue weighted by Crippen LogP contribution is -2.47. The molecule has 0 radical (unpaired) electrons. The third-order valence-electron chi connectivity index (χ3n) is 4.04. The molecule has 140 valence electrons. The Kier molecular flexibility index (Phi) is 4.56. The van der Waals surface area contributed by atoms with Crippen molar-refractivity contribution in [2.24, 2.45) is 0 Å². The SMILES string of the molecule is O=C1c2ccccc2C(=O)N1CC(Nc1cccc([N+](=O)[O-])c1)C(F)(F)F. The molecule has 1 atom stereocenters. The summed E-state index contributed by atoms with van der Waals surface area (Å²) in [5, 5.41) is 12.9. The second-order valence-electron chi connectivity index (χ2n) is 5.81. The van der Waals surface area contributed by atoms with Crippen LogP contribution < -0.4 is 5.32 Å². The van der Waals surface area contributed by atoms with Gasteiger partial charge < -0.3 is 5.32 Å². The van der Waals surface area contributed by atoms with Crippen LogP contribution in [0.15, 0.2) is 48.5 Å². The third-order valence-corrected chi connectivity index (χ3v) is 4.04. The first kappa shape index (κ1) is 18.4. The number of imide groups is 1. The Labute approximate surface area is 150 Å². The highest BCUT2D eigenvalue weighted by molar-refractivity contribution is 6.21. The summed E-state index contributed by atoms with van der Waals surface area (Å²) in [5.74, 6) is -1.63. The van der Waals surface area contributed by atoms with Gasteiger partial charge in [-0.3, -0.25) is 24.6 Å². The number of non-ortho nitro benzene ring substituents is 1. The topological polar surface area (TPSA) is 92.6 Å². The second-order valence-corrected chi connectivity index (χ2v) is 5.81. The number of fused-ring (bicyclic) bond motifs is 1. The van der Waals surface area contributed by atoms with Gasteiger partial charge in [-0.15, -0.1) is 0 Å². The fraction of sp³-hybridized carbons (Fsp3) is 0.176. The summed E-state index contributed by atoms with van der Waals surface area (Å²) in [6, 6.07) is 8.01. The number of benzene rings is 2. The fourth-order valence-electron chi connectivity index (χ4n) is 2.73. The first-order valence-corrected chi connectivity index (χ1v) is 7.71. The molecule has 0 saturated heterocycles. The number of halogens is 3. The van der Waals surface area contributed by atoms with Crippen LogP contribution in [0.1, 0.15) is 20.7 Å². The molecule has 0 aromatic heterocycles. The molecular weight excluding hydrogens is 367 g/mol. The molecule has 2 aromatic rings. The summed E-state index contributed by atoms with van der Waals surface area (Å²) in [4.78, 5) is 35.1. The Morgan fingerprint density at radius 2 is 1.63 bits per heavy atom. The van der Waals surface area contributed by atoms with Crippen molar-refractivity contribution in [2.75, 3.05) is 11.9 Å². The van der Waals surface area contributed by atoms with Crippen molar-refractivity contribution in [1.29, 1.82) is 0 Å². The lowest BCUT2D eigenvalue weighted by molar-refractivity contribution is -0.384. The van der Waals surface area contributed by atoms with Gasteiger partial charge in [0.05, 0.1) is 22.6 Å². The van der Waals surface area contributed by atoms with Crippen LogP contribution in [0.25, 0.3) is 0 Å². The molecule has 0 bridgehead atoms. The normalized spacial score (nSPS) is 14.9. The van der Waals surface area contributed by atoms with Gasteiger partial charge >= 0.3 is 6.18 Å². The van der Waals surface area contributed by atoms with Crippen molar-refractivity contribution in [2.45, 2.75) is 12.2 Å². The average Bonchev–Trinajstić information content (AvgIpc) is 2.86. The number of amides is 2. The molecule has 7 nitrogen and oxygen atoms in total. The highest BCUT2D eigenvalue weighted by Gasteiger charge is 2.45. The minimum absolute atomic E-state index is 0.0405. The molecule has 0 fully saturated rings. The highest BCUT2D eigenvalue weighted by Crippen LogP contribution is 2.29. The van der Waals surface area contributed by atoms with E-state index >= 15 is 0 Å². The summed E-state index contributed by atoms with van der Waals surface area (Å²) >= 11 is 0. The van der Waals surface area contributed by atoms with E-state index in [0.29, 0.717) is 4.90 Å². The lowest BCUT2D eigenvalue weighted by atomic mass is 10.1. The van der Waals surface area contributed by atoms with Gasteiger partial charge in [-0.2, -0.15) is 13.2 Å². The predicted molar refractivity (Wildman–Crippen MR) is 88.4 cm³/mol. The molecule has 3 rings (SSSR count). The van der Waals surface area contributed by atoms with E-state index in [-0.39, 0.29) is 22.5 Å². The van der Waals surface area contributed by atoms with Gasteiger partial charge in [0, 0.05) is 17.8 Å². The molecule has 10 heteroatoms. The van der Waals surface area contributed by atoms with Crippen molar-refractivity contribution >= 4 is 23.2 Å². The maximum atomic E-state index is 13.5. The molecule has 0 spiro atoms. The number of carbonyl (C=O) groups is 2. The number of nitro benzene ring substituents is 1. The molecule has 1 aliphatic rings. The van der Waals surface area contributed by atoms with Crippen LogP contribution in [-0.2, 0) is 0 Å². The summed E-state index contributed by atoms with van der Waals surface area (Å²) in [6.07, 6.45) is -4.81. The zero-order valence-electron chi connectivity index (χ0n) is 13.6. The summed E-state index contributed by atoms with van der Waals surface area (Å²) in [7, 11) is 0. The number of nitro groups is 1. The van der Waals surface area contributed by atoms with E-state index in [4.69, 9.17) is 0 Å². The van der Waals surface area contributed by atoms with Gasteiger partial charge in [-0.25, -0.2) is 0 Å². The van der Waals surface area contributed by atoms with E-state index in [0.717, 1.165) is 12.1 Å². The summed E-state index contributed by atoms with van der Waals surface area (Å²) in [6.45, 7) is -0.960. The average molecular weight is 379 g/mol. The zero-order chi connectivity index (χ0) is 19.8.